The minimum Gasteiger partial charge on any atom is -0.478 e. The van der Waals surface area contributed by atoms with E-state index < -0.39 is 5.97 Å². The molecule has 4 saturated carbocycles. The molecule has 4 aliphatic rings. The molecule has 3 aromatic rings. The van der Waals surface area contributed by atoms with Crippen LogP contribution < -0.4 is 4.74 Å². The van der Waals surface area contributed by atoms with Crippen molar-refractivity contribution in [1.29, 1.82) is 0 Å². The standard InChI is InChI=1S/C31H34O5/c1-19(34-2)35-18-36-29-14-26-8-7-25(23-3-5-24(6-4-23)30(32)33)12-27(26)13-28(29)31-15-20-9-21(16-31)11-22(10-20)17-31/h3-8,12-14,19-22H,9-11,15-18H2,1-2H3,(H,32,33). The van der Waals surface area contributed by atoms with E-state index in [4.69, 9.17) is 14.2 Å². The number of carboxylic acids is 1. The number of fused-ring (bicyclic) bond motifs is 1. The predicted molar refractivity (Wildman–Crippen MR) is 139 cm³/mol. The Morgan fingerprint density at radius 2 is 1.56 bits per heavy atom. The second-order valence-electron chi connectivity index (χ2n) is 11.2. The smallest absolute Gasteiger partial charge is 0.335 e. The zero-order chi connectivity index (χ0) is 24.9. The summed E-state index contributed by atoms with van der Waals surface area (Å²) in [5.41, 5.74) is 3.92. The summed E-state index contributed by atoms with van der Waals surface area (Å²) < 4.78 is 17.2. The van der Waals surface area contributed by atoms with Crippen LogP contribution in [0.3, 0.4) is 0 Å². The average Bonchev–Trinajstić information content (AvgIpc) is 2.87. The van der Waals surface area contributed by atoms with Crippen molar-refractivity contribution >= 4 is 16.7 Å². The van der Waals surface area contributed by atoms with Crippen molar-refractivity contribution in [3.8, 4) is 16.9 Å². The van der Waals surface area contributed by atoms with Gasteiger partial charge in [-0.3, -0.25) is 0 Å². The largest absolute Gasteiger partial charge is 0.478 e. The van der Waals surface area contributed by atoms with E-state index in [9.17, 15) is 9.90 Å². The Labute approximate surface area is 212 Å². The maximum Gasteiger partial charge on any atom is 0.335 e. The minimum atomic E-state index is -0.906. The van der Waals surface area contributed by atoms with Crippen LogP contribution in [-0.4, -0.2) is 31.3 Å². The number of hydrogen-bond donors (Lipinski definition) is 1. The Morgan fingerprint density at radius 1 is 0.917 bits per heavy atom. The zero-order valence-corrected chi connectivity index (χ0v) is 21.0. The van der Waals surface area contributed by atoms with Gasteiger partial charge in [-0.25, -0.2) is 4.79 Å². The Kier molecular flexibility index (Phi) is 6.01. The Bertz CT molecular complexity index is 1240. The maximum atomic E-state index is 11.3. The lowest BCUT2D eigenvalue weighted by Gasteiger charge is -2.57. The van der Waals surface area contributed by atoms with Gasteiger partial charge in [-0.1, -0.05) is 24.3 Å². The van der Waals surface area contributed by atoms with Crippen molar-refractivity contribution in [3.63, 3.8) is 0 Å². The molecule has 0 heterocycles. The fraction of sp³-hybridized carbons (Fsp3) is 0.452. The van der Waals surface area contributed by atoms with Crippen LogP contribution in [0.2, 0.25) is 0 Å². The Morgan fingerprint density at radius 3 is 2.17 bits per heavy atom. The molecule has 4 aliphatic carbocycles. The number of benzene rings is 3. The highest BCUT2D eigenvalue weighted by Gasteiger charge is 2.52. The lowest BCUT2D eigenvalue weighted by molar-refractivity contribution is -0.150. The second-order valence-corrected chi connectivity index (χ2v) is 11.2. The van der Waals surface area contributed by atoms with Gasteiger partial charge in [-0.05, 0) is 121 Å². The molecule has 0 radical (unpaired) electrons. The third kappa shape index (κ3) is 4.29. The first-order chi connectivity index (χ1) is 17.4. The molecular formula is C31H34O5. The molecule has 1 atom stereocenters. The van der Waals surface area contributed by atoms with Crippen molar-refractivity contribution in [3.05, 3.63) is 65.7 Å². The van der Waals surface area contributed by atoms with Crippen molar-refractivity contribution in [1.82, 2.24) is 0 Å². The van der Waals surface area contributed by atoms with Gasteiger partial charge in [0.2, 0.25) is 0 Å². The third-order valence-corrected chi connectivity index (χ3v) is 8.86. The first-order valence-electron chi connectivity index (χ1n) is 13.1. The van der Waals surface area contributed by atoms with E-state index >= 15 is 0 Å². The molecule has 3 aromatic carbocycles. The summed E-state index contributed by atoms with van der Waals surface area (Å²) in [5, 5.41) is 11.6. The van der Waals surface area contributed by atoms with Crippen molar-refractivity contribution in [2.75, 3.05) is 13.9 Å². The summed E-state index contributed by atoms with van der Waals surface area (Å²) in [5.74, 6) is 2.54. The molecule has 7 rings (SSSR count). The fourth-order valence-electron chi connectivity index (χ4n) is 7.50. The van der Waals surface area contributed by atoms with Gasteiger partial charge in [-0.15, -0.1) is 0 Å². The quantitative estimate of drug-likeness (QED) is 0.347. The number of ether oxygens (including phenoxy) is 3. The molecular weight excluding hydrogens is 452 g/mol. The number of hydrogen-bond acceptors (Lipinski definition) is 4. The van der Waals surface area contributed by atoms with Crippen molar-refractivity contribution in [2.45, 2.75) is 57.2 Å². The highest BCUT2D eigenvalue weighted by molar-refractivity contribution is 5.91. The number of rotatable bonds is 8. The molecule has 5 heteroatoms. The molecule has 188 valence electrons. The summed E-state index contributed by atoms with van der Waals surface area (Å²) in [6.07, 6.45) is 7.64. The molecule has 1 N–H and O–H groups in total. The van der Waals surface area contributed by atoms with Crippen LogP contribution in [0, 0.1) is 17.8 Å². The highest BCUT2D eigenvalue weighted by Crippen LogP contribution is 2.62. The number of carbonyl (C=O) groups is 1. The van der Waals surface area contributed by atoms with E-state index in [1.807, 2.05) is 19.1 Å². The molecule has 4 bridgehead atoms. The van der Waals surface area contributed by atoms with E-state index in [0.29, 0.717) is 5.56 Å². The van der Waals surface area contributed by atoms with E-state index in [2.05, 4.69) is 30.3 Å². The topological polar surface area (TPSA) is 65.0 Å². The third-order valence-electron chi connectivity index (χ3n) is 8.86. The highest BCUT2D eigenvalue weighted by atomic mass is 16.7. The lowest BCUT2D eigenvalue weighted by atomic mass is 9.48. The van der Waals surface area contributed by atoms with Crippen LogP contribution in [0.25, 0.3) is 21.9 Å². The average molecular weight is 487 g/mol. The van der Waals surface area contributed by atoms with Gasteiger partial charge in [0.15, 0.2) is 13.1 Å². The molecule has 36 heavy (non-hydrogen) atoms. The van der Waals surface area contributed by atoms with Crippen LogP contribution in [-0.2, 0) is 14.9 Å². The van der Waals surface area contributed by atoms with Gasteiger partial charge in [0.1, 0.15) is 5.75 Å². The SMILES string of the molecule is COC(C)OCOc1cc2ccc(-c3ccc(C(=O)O)cc3)cc2cc1C12CC3CC(CC(C3)C1)C2. The van der Waals surface area contributed by atoms with Gasteiger partial charge in [0, 0.05) is 12.7 Å². The van der Waals surface area contributed by atoms with Crippen molar-refractivity contribution in [2.24, 2.45) is 17.8 Å². The first-order valence-corrected chi connectivity index (χ1v) is 13.1. The monoisotopic (exact) mass is 486 g/mol. The van der Waals surface area contributed by atoms with Gasteiger partial charge < -0.3 is 19.3 Å². The van der Waals surface area contributed by atoms with Crippen LogP contribution >= 0.6 is 0 Å². The summed E-state index contributed by atoms with van der Waals surface area (Å²) in [4.78, 5) is 11.3. The van der Waals surface area contributed by atoms with Gasteiger partial charge in [0.25, 0.3) is 0 Å². The number of carboxylic acid groups (broad SMARTS) is 1. The Balaban J connectivity index is 1.40. The molecule has 0 spiro atoms. The van der Waals surface area contributed by atoms with Crippen molar-refractivity contribution < 1.29 is 24.1 Å². The van der Waals surface area contributed by atoms with Crippen LogP contribution in [0.1, 0.15) is 61.4 Å². The first kappa shape index (κ1) is 23.5. The minimum absolute atomic E-state index is 0.161. The lowest BCUT2D eigenvalue weighted by Crippen LogP contribution is -2.48. The summed E-state index contributed by atoms with van der Waals surface area (Å²) in [6, 6.07) is 18.1. The molecule has 0 aliphatic heterocycles. The molecule has 4 fully saturated rings. The normalized spacial score (nSPS) is 27.3. The predicted octanol–water partition coefficient (Wildman–Crippen LogP) is 7.02. The van der Waals surface area contributed by atoms with Gasteiger partial charge in [-0.2, -0.15) is 0 Å². The zero-order valence-electron chi connectivity index (χ0n) is 21.0. The maximum absolute atomic E-state index is 11.3. The van der Waals surface area contributed by atoms with Crippen LogP contribution in [0.4, 0.5) is 0 Å². The molecule has 0 aromatic heterocycles. The van der Waals surface area contributed by atoms with E-state index in [1.165, 1.54) is 49.5 Å². The molecule has 5 nitrogen and oxygen atoms in total. The summed E-state index contributed by atoms with van der Waals surface area (Å²) in [6.45, 7) is 2.03. The van der Waals surface area contributed by atoms with Gasteiger partial charge >= 0.3 is 5.97 Å². The molecule has 1 unspecified atom stereocenters. The van der Waals surface area contributed by atoms with E-state index in [-0.39, 0.29) is 18.5 Å². The summed E-state index contributed by atoms with van der Waals surface area (Å²) >= 11 is 0. The van der Waals surface area contributed by atoms with Crippen LogP contribution in [0.15, 0.2) is 54.6 Å². The number of methoxy groups -OCH3 is 1. The Hall–Kier alpha value is -2.89. The fourth-order valence-corrected chi connectivity index (χ4v) is 7.50. The number of aromatic carboxylic acids is 1. The summed E-state index contributed by atoms with van der Waals surface area (Å²) in [7, 11) is 1.63. The van der Waals surface area contributed by atoms with E-state index in [0.717, 1.165) is 40.0 Å². The van der Waals surface area contributed by atoms with Gasteiger partial charge in [0.05, 0.1) is 5.56 Å². The molecule has 0 amide bonds. The van der Waals surface area contributed by atoms with E-state index in [1.54, 1.807) is 19.2 Å². The molecule has 0 saturated heterocycles. The second kappa shape index (κ2) is 9.20. The van der Waals surface area contributed by atoms with Crippen LogP contribution in [0.5, 0.6) is 5.75 Å².